The Morgan fingerprint density at radius 1 is 1.41 bits per heavy atom. The van der Waals surface area contributed by atoms with Crippen molar-refractivity contribution in [2.24, 2.45) is 5.92 Å². The van der Waals surface area contributed by atoms with Gasteiger partial charge in [0.2, 0.25) is 5.91 Å². The number of hydrogen-bond acceptors (Lipinski definition) is 5. The van der Waals surface area contributed by atoms with E-state index in [9.17, 15) is 9.59 Å². The first-order chi connectivity index (χ1) is 10.6. The maximum atomic E-state index is 12.5. The number of carbonyl (C=O) groups is 2. The molecule has 22 heavy (non-hydrogen) atoms. The van der Waals surface area contributed by atoms with Crippen LogP contribution in [0, 0.1) is 5.92 Å². The van der Waals surface area contributed by atoms with Crippen LogP contribution in [-0.4, -0.2) is 46.3 Å². The van der Waals surface area contributed by atoms with Crippen molar-refractivity contribution in [2.75, 3.05) is 19.6 Å². The van der Waals surface area contributed by atoms with E-state index < -0.39 is 0 Å². The Labute approximate surface area is 132 Å². The molecule has 0 spiro atoms. The minimum absolute atomic E-state index is 0.000762. The Hall–Kier alpha value is -2.02. The van der Waals surface area contributed by atoms with Crippen molar-refractivity contribution in [3.63, 3.8) is 0 Å². The van der Waals surface area contributed by atoms with Crippen LogP contribution in [-0.2, 0) is 4.79 Å². The first-order valence-electron chi connectivity index (χ1n) is 7.38. The van der Waals surface area contributed by atoms with E-state index in [0.717, 1.165) is 36.1 Å². The fraction of sp³-hybridized carbons (Fsp3) is 0.467. The lowest BCUT2D eigenvalue weighted by molar-refractivity contribution is -0.119. The molecule has 2 aromatic rings. The van der Waals surface area contributed by atoms with E-state index in [1.165, 1.54) is 18.3 Å². The summed E-state index contributed by atoms with van der Waals surface area (Å²) in [5, 5.41) is 3.38. The zero-order valence-corrected chi connectivity index (χ0v) is 13.2. The maximum Gasteiger partial charge on any atom is 0.282 e. The van der Waals surface area contributed by atoms with Gasteiger partial charge in [0.25, 0.3) is 5.91 Å². The number of pyridine rings is 1. The number of thiazole rings is 1. The zero-order valence-electron chi connectivity index (χ0n) is 12.4. The fourth-order valence-corrected chi connectivity index (χ4v) is 3.54. The number of rotatable bonds is 3. The molecule has 0 unspecified atom stereocenters. The number of carbonyl (C=O) groups excluding carboxylic acids is 2. The summed E-state index contributed by atoms with van der Waals surface area (Å²) in [5.41, 5.74) is 0.774. The van der Waals surface area contributed by atoms with Gasteiger partial charge in [-0.1, -0.05) is 0 Å². The van der Waals surface area contributed by atoms with Crippen LogP contribution in [0.3, 0.4) is 0 Å². The third-order valence-corrected chi connectivity index (χ3v) is 4.94. The lowest BCUT2D eigenvalue weighted by Gasteiger charge is -2.31. The summed E-state index contributed by atoms with van der Waals surface area (Å²) in [6.45, 7) is 3.67. The Bertz CT molecular complexity index is 659. The van der Waals surface area contributed by atoms with Crippen LogP contribution >= 0.6 is 11.3 Å². The van der Waals surface area contributed by atoms with Gasteiger partial charge in [0, 0.05) is 32.8 Å². The van der Waals surface area contributed by atoms with Crippen molar-refractivity contribution in [3.05, 3.63) is 23.5 Å². The van der Waals surface area contributed by atoms with Crippen molar-refractivity contribution in [2.45, 2.75) is 19.8 Å². The number of fused-ring (bicyclic) bond motifs is 1. The van der Waals surface area contributed by atoms with Gasteiger partial charge in [0.05, 0.1) is 10.9 Å². The van der Waals surface area contributed by atoms with Gasteiger partial charge in [-0.15, -0.1) is 11.3 Å². The van der Waals surface area contributed by atoms with Gasteiger partial charge in [-0.3, -0.25) is 14.6 Å². The van der Waals surface area contributed by atoms with Crippen LogP contribution in [0.1, 0.15) is 29.6 Å². The van der Waals surface area contributed by atoms with Crippen molar-refractivity contribution in [1.82, 2.24) is 20.2 Å². The normalized spacial score (nSPS) is 16.0. The van der Waals surface area contributed by atoms with E-state index >= 15 is 0 Å². The zero-order chi connectivity index (χ0) is 15.5. The Balaban J connectivity index is 1.61. The summed E-state index contributed by atoms with van der Waals surface area (Å²) < 4.78 is 0.985. The molecule has 116 valence electrons. The molecule has 0 radical (unpaired) electrons. The van der Waals surface area contributed by atoms with Gasteiger partial charge < -0.3 is 10.2 Å². The summed E-state index contributed by atoms with van der Waals surface area (Å²) in [6, 6.07) is 1.88. The molecule has 1 saturated heterocycles. The molecular formula is C15H18N4O2S. The molecule has 1 aliphatic rings. The minimum Gasteiger partial charge on any atom is -0.356 e. The Kier molecular flexibility index (Phi) is 4.33. The molecule has 3 rings (SSSR count). The Morgan fingerprint density at radius 3 is 2.86 bits per heavy atom. The molecule has 1 fully saturated rings. The lowest BCUT2D eigenvalue weighted by Crippen LogP contribution is -2.41. The van der Waals surface area contributed by atoms with Crippen molar-refractivity contribution >= 4 is 33.4 Å². The van der Waals surface area contributed by atoms with Gasteiger partial charge in [0.15, 0.2) is 5.01 Å². The highest BCUT2D eigenvalue weighted by molar-refractivity contribution is 7.20. The topological polar surface area (TPSA) is 75.2 Å². The minimum atomic E-state index is -0.000762. The summed E-state index contributed by atoms with van der Waals surface area (Å²) in [7, 11) is 0. The van der Waals surface area contributed by atoms with Gasteiger partial charge >= 0.3 is 0 Å². The monoisotopic (exact) mass is 318 g/mol. The third-order valence-electron chi connectivity index (χ3n) is 3.91. The molecular weight excluding hydrogens is 300 g/mol. The van der Waals surface area contributed by atoms with Crippen LogP contribution in [0.5, 0.6) is 0 Å². The molecule has 7 heteroatoms. The first kappa shape index (κ1) is 14.9. The largest absolute Gasteiger partial charge is 0.356 e. The predicted octanol–water partition coefficient (Wildman–Crippen LogP) is 1.68. The number of hydrogen-bond donors (Lipinski definition) is 1. The van der Waals surface area contributed by atoms with E-state index in [-0.39, 0.29) is 11.8 Å². The van der Waals surface area contributed by atoms with E-state index in [4.69, 9.17) is 0 Å². The number of aromatic nitrogens is 2. The molecule has 0 aliphatic carbocycles. The highest BCUT2D eigenvalue weighted by atomic mass is 32.1. The first-order valence-corrected chi connectivity index (χ1v) is 8.19. The molecule has 6 nitrogen and oxygen atoms in total. The maximum absolute atomic E-state index is 12.5. The van der Waals surface area contributed by atoms with Gasteiger partial charge in [-0.25, -0.2) is 4.98 Å². The molecule has 2 aromatic heterocycles. The lowest BCUT2D eigenvalue weighted by atomic mass is 9.97. The number of amides is 2. The highest BCUT2D eigenvalue weighted by Gasteiger charge is 2.25. The Morgan fingerprint density at radius 2 is 2.18 bits per heavy atom. The summed E-state index contributed by atoms with van der Waals surface area (Å²) in [4.78, 5) is 33.7. The van der Waals surface area contributed by atoms with Crippen LogP contribution in [0.15, 0.2) is 18.5 Å². The van der Waals surface area contributed by atoms with Gasteiger partial charge in [-0.2, -0.15) is 0 Å². The van der Waals surface area contributed by atoms with Crippen LogP contribution in [0.4, 0.5) is 0 Å². The molecule has 0 bridgehead atoms. The summed E-state index contributed by atoms with van der Waals surface area (Å²) in [6.07, 6.45) is 5.22. The predicted molar refractivity (Wildman–Crippen MR) is 84.7 cm³/mol. The molecule has 1 N–H and O–H groups in total. The molecule has 0 saturated carbocycles. The third kappa shape index (κ3) is 3.24. The van der Waals surface area contributed by atoms with Crippen molar-refractivity contribution in [3.8, 4) is 0 Å². The van der Waals surface area contributed by atoms with Crippen LogP contribution < -0.4 is 5.32 Å². The van der Waals surface area contributed by atoms with E-state index in [1.54, 1.807) is 12.4 Å². The smallest absolute Gasteiger partial charge is 0.282 e. The quantitative estimate of drug-likeness (QED) is 0.934. The molecule has 1 aliphatic heterocycles. The van der Waals surface area contributed by atoms with Gasteiger partial charge in [0.1, 0.15) is 5.52 Å². The molecule has 0 atom stereocenters. The second kappa shape index (κ2) is 6.39. The second-order valence-corrected chi connectivity index (χ2v) is 6.57. The van der Waals surface area contributed by atoms with Crippen LogP contribution in [0.2, 0.25) is 0 Å². The number of likely N-dealkylation sites (tertiary alicyclic amines) is 1. The SMILES string of the molecule is CC(=O)NCC1CCN(C(=O)c2nc3cnccc3s2)CC1. The van der Waals surface area contributed by atoms with Crippen LogP contribution in [0.25, 0.3) is 10.2 Å². The summed E-state index contributed by atoms with van der Waals surface area (Å²) >= 11 is 1.41. The van der Waals surface area contributed by atoms with E-state index in [0.29, 0.717) is 17.5 Å². The highest BCUT2D eigenvalue weighted by Crippen LogP contribution is 2.24. The molecule has 3 heterocycles. The van der Waals surface area contributed by atoms with E-state index in [1.807, 2.05) is 11.0 Å². The standard InChI is InChI=1S/C15H18N4O2S/c1-10(20)17-8-11-3-6-19(7-4-11)15(21)14-18-12-9-16-5-2-13(12)22-14/h2,5,9,11H,3-4,6-8H2,1H3,(H,17,20). The molecule has 2 amide bonds. The van der Waals surface area contributed by atoms with Crippen molar-refractivity contribution in [1.29, 1.82) is 0 Å². The van der Waals surface area contributed by atoms with Gasteiger partial charge in [-0.05, 0) is 24.8 Å². The number of nitrogens with zero attached hydrogens (tertiary/aromatic N) is 3. The average molecular weight is 318 g/mol. The number of nitrogens with one attached hydrogen (secondary N) is 1. The average Bonchev–Trinajstić information content (AvgIpc) is 2.96. The second-order valence-electron chi connectivity index (χ2n) is 5.54. The summed E-state index contributed by atoms with van der Waals surface area (Å²) in [5.74, 6) is 0.452. The molecule has 0 aromatic carbocycles. The number of piperidine rings is 1. The van der Waals surface area contributed by atoms with Crippen molar-refractivity contribution < 1.29 is 9.59 Å². The fourth-order valence-electron chi connectivity index (χ4n) is 2.63. The van der Waals surface area contributed by atoms with E-state index in [2.05, 4.69) is 15.3 Å².